The summed E-state index contributed by atoms with van der Waals surface area (Å²) in [5, 5.41) is 12.7. The van der Waals surface area contributed by atoms with Crippen LogP contribution in [0.2, 0.25) is 0 Å². The zero-order valence-electron chi connectivity index (χ0n) is 8.28. The molecule has 0 aliphatic rings. The van der Waals surface area contributed by atoms with Crippen molar-refractivity contribution in [2.45, 2.75) is 39.2 Å². The van der Waals surface area contributed by atoms with Crippen LogP contribution in [0.4, 0.5) is 0 Å². The fourth-order valence-corrected chi connectivity index (χ4v) is 0.759. The van der Waals surface area contributed by atoms with Gasteiger partial charge in [0.25, 0.3) is 0 Å². The predicted octanol–water partition coefficient (Wildman–Crippen LogP) is 1.15. The molecule has 0 aromatic carbocycles. The highest BCUT2D eigenvalue weighted by Gasteiger charge is 2.15. The van der Waals surface area contributed by atoms with Crippen molar-refractivity contribution in [3.63, 3.8) is 0 Å². The van der Waals surface area contributed by atoms with Gasteiger partial charge < -0.3 is 10.4 Å². The average Bonchev–Trinajstić information content (AvgIpc) is 2.04. The van der Waals surface area contributed by atoms with Gasteiger partial charge in [-0.25, -0.2) is 0 Å². The number of hydrogen-bond acceptors (Lipinski definition) is 2. The third-order valence-electron chi connectivity index (χ3n) is 1.87. The Morgan fingerprint density at radius 1 is 1.50 bits per heavy atom. The second kappa shape index (κ2) is 6.05. The smallest absolute Gasteiger partial charge is 0.0740 e. The standard InChI is InChI=1S/C10H19NO/c1-4-6-7-8-11-9-10(3,12)5-2/h11-12H,5,7-9H2,1-3H3. The van der Waals surface area contributed by atoms with Crippen LogP contribution in [0.25, 0.3) is 0 Å². The molecule has 1 atom stereocenters. The van der Waals surface area contributed by atoms with Gasteiger partial charge >= 0.3 is 0 Å². The van der Waals surface area contributed by atoms with E-state index < -0.39 is 5.60 Å². The van der Waals surface area contributed by atoms with Crippen molar-refractivity contribution in [3.8, 4) is 11.8 Å². The van der Waals surface area contributed by atoms with Gasteiger partial charge in [-0.2, -0.15) is 0 Å². The van der Waals surface area contributed by atoms with Crippen molar-refractivity contribution in [1.82, 2.24) is 5.32 Å². The highest BCUT2D eigenvalue weighted by Crippen LogP contribution is 2.05. The van der Waals surface area contributed by atoms with E-state index in [0.717, 1.165) is 19.4 Å². The zero-order valence-corrected chi connectivity index (χ0v) is 8.28. The molecular formula is C10H19NO. The lowest BCUT2D eigenvalue weighted by atomic mass is 10.0. The van der Waals surface area contributed by atoms with Gasteiger partial charge in [0.2, 0.25) is 0 Å². The number of rotatable bonds is 5. The highest BCUT2D eigenvalue weighted by atomic mass is 16.3. The first-order chi connectivity index (χ1) is 5.62. The summed E-state index contributed by atoms with van der Waals surface area (Å²) in [4.78, 5) is 0. The summed E-state index contributed by atoms with van der Waals surface area (Å²) in [6.07, 6.45) is 1.63. The van der Waals surface area contributed by atoms with E-state index in [1.165, 1.54) is 0 Å². The van der Waals surface area contributed by atoms with Gasteiger partial charge in [-0.15, -0.1) is 11.8 Å². The average molecular weight is 169 g/mol. The number of aliphatic hydroxyl groups is 1. The second-order valence-corrected chi connectivity index (χ2v) is 3.20. The van der Waals surface area contributed by atoms with Crippen molar-refractivity contribution in [2.24, 2.45) is 0 Å². The van der Waals surface area contributed by atoms with Crippen molar-refractivity contribution in [1.29, 1.82) is 0 Å². The first kappa shape index (κ1) is 11.5. The van der Waals surface area contributed by atoms with Gasteiger partial charge in [0.05, 0.1) is 5.60 Å². The van der Waals surface area contributed by atoms with Crippen molar-refractivity contribution in [3.05, 3.63) is 0 Å². The van der Waals surface area contributed by atoms with E-state index in [-0.39, 0.29) is 0 Å². The monoisotopic (exact) mass is 169 g/mol. The maximum atomic E-state index is 9.58. The molecule has 0 heterocycles. The lowest BCUT2D eigenvalue weighted by Gasteiger charge is -2.21. The van der Waals surface area contributed by atoms with Crippen molar-refractivity contribution >= 4 is 0 Å². The molecule has 0 saturated carbocycles. The van der Waals surface area contributed by atoms with Crippen LogP contribution >= 0.6 is 0 Å². The van der Waals surface area contributed by atoms with E-state index in [9.17, 15) is 5.11 Å². The first-order valence-corrected chi connectivity index (χ1v) is 4.45. The van der Waals surface area contributed by atoms with Gasteiger partial charge in [0, 0.05) is 19.5 Å². The van der Waals surface area contributed by atoms with Crippen LogP contribution in [0.5, 0.6) is 0 Å². The molecule has 0 saturated heterocycles. The molecule has 0 rings (SSSR count). The summed E-state index contributed by atoms with van der Waals surface area (Å²) in [5.74, 6) is 5.79. The van der Waals surface area contributed by atoms with E-state index in [1.54, 1.807) is 0 Å². The molecule has 0 aliphatic carbocycles. The van der Waals surface area contributed by atoms with Crippen LogP contribution < -0.4 is 5.32 Å². The molecular weight excluding hydrogens is 150 g/mol. The molecule has 0 fully saturated rings. The normalized spacial score (nSPS) is 14.7. The van der Waals surface area contributed by atoms with Crippen molar-refractivity contribution < 1.29 is 5.11 Å². The maximum Gasteiger partial charge on any atom is 0.0740 e. The van der Waals surface area contributed by atoms with Crippen molar-refractivity contribution in [2.75, 3.05) is 13.1 Å². The Labute approximate surface area is 75.4 Å². The number of hydrogen-bond donors (Lipinski definition) is 2. The molecule has 0 radical (unpaired) electrons. The molecule has 0 spiro atoms. The minimum absolute atomic E-state index is 0.570. The molecule has 2 N–H and O–H groups in total. The summed E-state index contributed by atoms with van der Waals surface area (Å²) >= 11 is 0. The molecule has 2 heteroatoms. The van der Waals surface area contributed by atoms with Crippen LogP contribution in [0.1, 0.15) is 33.6 Å². The lowest BCUT2D eigenvalue weighted by Crippen LogP contribution is -2.37. The van der Waals surface area contributed by atoms with Crippen LogP contribution in [0.15, 0.2) is 0 Å². The van der Waals surface area contributed by atoms with Crippen LogP contribution in [-0.2, 0) is 0 Å². The fraction of sp³-hybridized carbons (Fsp3) is 0.800. The first-order valence-electron chi connectivity index (χ1n) is 4.45. The molecule has 2 nitrogen and oxygen atoms in total. The maximum absolute atomic E-state index is 9.58. The third kappa shape index (κ3) is 6.21. The Kier molecular flexibility index (Phi) is 5.79. The van der Waals surface area contributed by atoms with Crippen LogP contribution in [0.3, 0.4) is 0 Å². The Morgan fingerprint density at radius 3 is 2.67 bits per heavy atom. The summed E-state index contributed by atoms with van der Waals surface area (Å²) in [6.45, 7) is 7.16. The van der Waals surface area contributed by atoms with Gasteiger partial charge in [-0.1, -0.05) is 6.92 Å². The highest BCUT2D eigenvalue weighted by molar-refractivity contribution is 4.95. The quantitative estimate of drug-likeness (QED) is 0.478. The number of nitrogens with one attached hydrogen (secondary N) is 1. The topological polar surface area (TPSA) is 32.3 Å². The summed E-state index contributed by atoms with van der Waals surface area (Å²) < 4.78 is 0. The summed E-state index contributed by atoms with van der Waals surface area (Å²) in [6, 6.07) is 0. The Balaban J connectivity index is 3.35. The SMILES string of the molecule is CC#CCCNCC(C)(O)CC. The molecule has 0 bridgehead atoms. The summed E-state index contributed by atoms with van der Waals surface area (Å²) in [5.41, 5.74) is -0.570. The van der Waals surface area contributed by atoms with Gasteiger partial charge in [0.1, 0.15) is 0 Å². The largest absolute Gasteiger partial charge is 0.389 e. The van der Waals surface area contributed by atoms with Gasteiger partial charge in [-0.3, -0.25) is 0 Å². The molecule has 0 aromatic heterocycles. The Bertz CT molecular complexity index is 164. The molecule has 0 aliphatic heterocycles. The predicted molar refractivity (Wildman–Crippen MR) is 51.9 cm³/mol. The van der Waals surface area contributed by atoms with Gasteiger partial charge in [0.15, 0.2) is 0 Å². The van der Waals surface area contributed by atoms with E-state index in [4.69, 9.17) is 0 Å². The van der Waals surface area contributed by atoms with Crippen LogP contribution in [-0.4, -0.2) is 23.8 Å². The third-order valence-corrected chi connectivity index (χ3v) is 1.87. The van der Waals surface area contributed by atoms with E-state index in [0.29, 0.717) is 6.54 Å². The minimum Gasteiger partial charge on any atom is -0.389 e. The fourth-order valence-electron chi connectivity index (χ4n) is 0.759. The minimum atomic E-state index is -0.570. The molecule has 0 aromatic rings. The summed E-state index contributed by atoms with van der Waals surface area (Å²) in [7, 11) is 0. The van der Waals surface area contributed by atoms with E-state index in [1.807, 2.05) is 20.8 Å². The Hall–Kier alpha value is -0.520. The zero-order chi connectivity index (χ0) is 9.45. The van der Waals surface area contributed by atoms with Crippen LogP contribution in [0, 0.1) is 11.8 Å². The molecule has 70 valence electrons. The Morgan fingerprint density at radius 2 is 2.17 bits per heavy atom. The van der Waals surface area contributed by atoms with E-state index >= 15 is 0 Å². The van der Waals surface area contributed by atoms with Gasteiger partial charge in [-0.05, 0) is 20.3 Å². The lowest BCUT2D eigenvalue weighted by molar-refractivity contribution is 0.0562. The molecule has 1 unspecified atom stereocenters. The molecule has 0 amide bonds. The molecule has 12 heavy (non-hydrogen) atoms. The second-order valence-electron chi connectivity index (χ2n) is 3.20. The van der Waals surface area contributed by atoms with E-state index in [2.05, 4.69) is 17.2 Å².